The second-order valence-electron chi connectivity index (χ2n) is 7.95. The number of fused-ring (bicyclic) bond motifs is 1. The van der Waals surface area contributed by atoms with Crippen LogP contribution in [0.2, 0.25) is 0 Å². The molecule has 1 amide bonds. The molecule has 1 aromatic carbocycles. The van der Waals surface area contributed by atoms with Gasteiger partial charge in [-0.05, 0) is 30.7 Å². The zero-order chi connectivity index (χ0) is 22.9. The molecule has 33 heavy (non-hydrogen) atoms. The molecular formula is C23H22N6O4. The normalized spacial score (nSPS) is 14.1. The molecule has 1 N–H and O–H groups in total. The van der Waals surface area contributed by atoms with Crippen molar-refractivity contribution in [2.45, 2.75) is 13.5 Å². The maximum Gasteiger partial charge on any atom is 0.421 e. The first-order chi connectivity index (χ1) is 16.0. The van der Waals surface area contributed by atoms with Crippen LogP contribution in [0.1, 0.15) is 11.3 Å². The number of anilines is 1. The lowest BCUT2D eigenvalue weighted by molar-refractivity contribution is 0.142. The second kappa shape index (κ2) is 8.38. The van der Waals surface area contributed by atoms with Gasteiger partial charge in [-0.2, -0.15) is 0 Å². The maximum absolute atomic E-state index is 12.3. The molecule has 1 fully saturated rings. The predicted octanol–water partition coefficient (Wildman–Crippen LogP) is 2.60. The fraction of sp³-hybridized carbons (Fsp3) is 0.261. The van der Waals surface area contributed by atoms with E-state index in [1.807, 2.05) is 37.3 Å². The van der Waals surface area contributed by atoms with E-state index in [9.17, 15) is 9.59 Å². The Hall–Kier alpha value is -4.21. The Bertz CT molecular complexity index is 1370. The van der Waals surface area contributed by atoms with E-state index in [0.29, 0.717) is 49.8 Å². The van der Waals surface area contributed by atoms with Crippen molar-refractivity contribution in [3.63, 3.8) is 0 Å². The number of hydrogen-bond acceptors (Lipinski definition) is 7. The Morgan fingerprint density at radius 2 is 1.85 bits per heavy atom. The Labute approximate surface area is 188 Å². The Kier molecular flexibility index (Phi) is 5.25. The number of aromatic nitrogens is 4. The van der Waals surface area contributed by atoms with Gasteiger partial charge in [0.2, 0.25) is 0 Å². The van der Waals surface area contributed by atoms with Crippen LogP contribution < -0.4 is 10.7 Å². The van der Waals surface area contributed by atoms with Crippen LogP contribution in [0.15, 0.2) is 58.0 Å². The number of oxazole rings is 1. The topological polar surface area (TPSA) is 118 Å². The second-order valence-corrected chi connectivity index (χ2v) is 7.95. The van der Waals surface area contributed by atoms with Crippen molar-refractivity contribution < 1.29 is 14.3 Å². The van der Waals surface area contributed by atoms with E-state index in [1.165, 1.54) is 9.47 Å². The largest absolute Gasteiger partial charge is 0.465 e. The first kappa shape index (κ1) is 20.7. The van der Waals surface area contributed by atoms with Crippen LogP contribution in [0.4, 0.5) is 10.5 Å². The van der Waals surface area contributed by atoms with Crippen LogP contribution in [0.25, 0.3) is 22.6 Å². The molecule has 0 unspecified atom stereocenters. The van der Waals surface area contributed by atoms with Crippen LogP contribution in [-0.2, 0) is 6.54 Å². The third kappa shape index (κ3) is 4.14. The van der Waals surface area contributed by atoms with Gasteiger partial charge in [-0.15, -0.1) is 0 Å². The number of hydrogen-bond donors (Lipinski definition) is 1. The van der Waals surface area contributed by atoms with Crippen LogP contribution >= 0.6 is 0 Å². The molecule has 1 aliphatic heterocycles. The van der Waals surface area contributed by atoms with Gasteiger partial charge < -0.3 is 19.3 Å². The van der Waals surface area contributed by atoms with Crippen molar-refractivity contribution in [1.29, 1.82) is 0 Å². The molecule has 10 heteroatoms. The smallest absolute Gasteiger partial charge is 0.421 e. The molecule has 0 bridgehead atoms. The predicted molar refractivity (Wildman–Crippen MR) is 121 cm³/mol. The fourth-order valence-electron chi connectivity index (χ4n) is 3.96. The third-order valence-electron chi connectivity index (χ3n) is 5.73. The highest BCUT2D eigenvalue weighted by Crippen LogP contribution is 2.21. The molecule has 10 nitrogen and oxygen atoms in total. The number of amides is 1. The Morgan fingerprint density at radius 3 is 2.58 bits per heavy atom. The van der Waals surface area contributed by atoms with Gasteiger partial charge in [0.1, 0.15) is 0 Å². The number of nitrogens with zero attached hydrogens (tertiary/aromatic N) is 6. The van der Waals surface area contributed by atoms with Crippen molar-refractivity contribution in [3.8, 4) is 11.4 Å². The van der Waals surface area contributed by atoms with Crippen molar-refractivity contribution in [2.24, 2.45) is 0 Å². The number of carbonyl (C=O) groups is 1. The van der Waals surface area contributed by atoms with Gasteiger partial charge in [-0.3, -0.25) is 4.57 Å². The quantitative estimate of drug-likeness (QED) is 0.508. The molecule has 1 saturated heterocycles. The average molecular weight is 446 g/mol. The monoisotopic (exact) mass is 446 g/mol. The average Bonchev–Trinajstić information content (AvgIpc) is 3.13. The third-order valence-corrected chi connectivity index (χ3v) is 5.73. The highest BCUT2D eigenvalue weighted by atomic mass is 16.4. The number of piperazine rings is 1. The number of aryl methyl sites for hydroxylation is 1. The summed E-state index contributed by atoms with van der Waals surface area (Å²) in [5, 5.41) is 9.10. The van der Waals surface area contributed by atoms with E-state index in [1.54, 1.807) is 18.5 Å². The van der Waals surface area contributed by atoms with Crippen molar-refractivity contribution in [3.05, 3.63) is 70.6 Å². The number of pyridine rings is 1. The first-order valence-electron chi connectivity index (χ1n) is 10.6. The minimum atomic E-state index is -0.891. The zero-order valence-electron chi connectivity index (χ0n) is 18.0. The number of benzene rings is 1. The van der Waals surface area contributed by atoms with Gasteiger partial charge in [0, 0.05) is 37.4 Å². The van der Waals surface area contributed by atoms with Gasteiger partial charge in [0.15, 0.2) is 17.1 Å². The van der Waals surface area contributed by atoms with E-state index < -0.39 is 11.8 Å². The van der Waals surface area contributed by atoms with E-state index in [0.717, 1.165) is 22.5 Å². The number of rotatable bonds is 4. The molecule has 0 saturated carbocycles. The van der Waals surface area contributed by atoms with E-state index in [4.69, 9.17) is 9.52 Å². The summed E-state index contributed by atoms with van der Waals surface area (Å²) in [7, 11) is 0. The summed E-state index contributed by atoms with van der Waals surface area (Å²) in [6, 6.07) is 11.3. The van der Waals surface area contributed by atoms with Crippen LogP contribution in [0, 0.1) is 6.92 Å². The Morgan fingerprint density at radius 1 is 1.09 bits per heavy atom. The SMILES string of the molecule is Cc1ccc2oc(=O)n(Cc3cccc(-c4ncc(N5CCN(C(=O)O)CC5)cn4)c3)c2n1. The molecule has 3 aromatic heterocycles. The molecule has 4 heterocycles. The van der Waals surface area contributed by atoms with Crippen molar-refractivity contribution in [1.82, 2.24) is 24.4 Å². The highest BCUT2D eigenvalue weighted by Gasteiger charge is 2.21. The summed E-state index contributed by atoms with van der Waals surface area (Å²) >= 11 is 0. The van der Waals surface area contributed by atoms with Crippen LogP contribution in [0.5, 0.6) is 0 Å². The van der Waals surface area contributed by atoms with Gasteiger partial charge in [0.25, 0.3) is 0 Å². The lowest BCUT2D eigenvalue weighted by Gasteiger charge is -2.34. The molecule has 1 aliphatic rings. The molecule has 4 aromatic rings. The summed E-state index contributed by atoms with van der Waals surface area (Å²) < 4.78 is 6.83. The van der Waals surface area contributed by atoms with Gasteiger partial charge in [-0.1, -0.05) is 18.2 Å². The van der Waals surface area contributed by atoms with Gasteiger partial charge in [0.05, 0.1) is 24.6 Å². The molecule has 5 rings (SSSR count). The first-order valence-corrected chi connectivity index (χ1v) is 10.6. The summed E-state index contributed by atoms with van der Waals surface area (Å²) in [6.45, 7) is 4.30. The zero-order valence-corrected chi connectivity index (χ0v) is 18.0. The lowest BCUT2D eigenvalue weighted by atomic mass is 10.1. The van der Waals surface area contributed by atoms with E-state index in [2.05, 4.69) is 19.9 Å². The van der Waals surface area contributed by atoms with E-state index in [-0.39, 0.29) is 0 Å². The van der Waals surface area contributed by atoms with Crippen LogP contribution in [-0.4, -0.2) is 61.8 Å². The maximum atomic E-state index is 12.3. The van der Waals surface area contributed by atoms with Crippen molar-refractivity contribution >= 4 is 23.0 Å². The summed E-state index contributed by atoms with van der Waals surface area (Å²) in [4.78, 5) is 40.4. The fourth-order valence-corrected chi connectivity index (χ4v) is 3.96. The van der Waals surface area contributed by atoms with E-state index >= 15 is 0 Å². The molecule has 168 valence electrons. The molecule has 0 atom stereocenters. The highest BCUT2D eigenvalue weighted by molar-refractivity contribution is 5.68. The van der Waals surface area contributed by atoms with Crippen molar-refractivity contribution in [2.75, 3.05) is 31.1 Å². The molecule has 0 radical (unpaired) electrons. The summed E-state index contributed by atoms with van der Waals surface area (Å²) in [5.74, 6) is 0.125. The minimum Gasteiger partial charge on any atom is -0.465 e. The lowest BCUT2D eigenvalue weighted by Crippen LogP contribution is -2.48. The Balaban J connectivity index is 1.35. The van der Waals surface area contributed by atoms with Gasteiger partial charge in [-0.25, -0.2) is 24.5 Å². The standard InChI is InChI=1S/C23H22N6O4/c1-15-5-6-19-21(26-15)29(23(32)33-19)14-16-3-2-4-17(11-16)20-24-12-18(13-25-20)27-7-9-28(10-8-27)22(30)31/h2-6,11-13H,7-10,14H2,1H3,(H,30,31). The summed E-state index contributed by atoms with van der Waals surface area (Å²) in [6.07, 6.45) is 2.62. The van der Waals surface area contributed by atoms with Crippen LogP contribution in [0.3, 0.4) is 0 Å². The molecule has 0 spiro atoms. The summed E-state index contributed by atoms with van der Waals surface area (Å²) in [5.41, 5.74) is 4.39. The number of carboxylic acid groups (broad SMARTS) is 1. The minimum absolute atomic E-state index is 0.321. The molecular weight excluding hydrogens is 424 g/mol. The van der Waals surface area contributed by atoms with Gasteiger partial charge >= 0.3 is 11.8 Å². The molecule has 0 aliphatic carbocycles.